The Morgan fingerprint density at radius 1 is 0.258 bits per heavy atom. The second kappa shape index (κ2) is 13.6. The molecule has 5 heteroatoms. The molecule has 0 aliphatic rings. The summed E-state index contributed by atoms with van der Waals surface area (Å²) < 4.78 is 4.89. The van der Waals surface area contributed by atoms with E-state index >= 15 is 0 Å². The molecular formula is C57H35N5. The molecule has 5 nitrogen and oxygen atoms in total. The predicted octanol–water partition coefficient (Wildman–Crippen LogP) is 14.5. The highest BCUT2D eigenvalue weighted by Crippen LogP contribution is 2.45. The Morgan fingerprint density at radius 2 is 0.661 bits per heavy atom. The number of nitrogens with zero attached hydrogens (tertiary/aromatic N) is 5. The molecule has 0 amide bonds. The van der Waals surface area contributed by atoms with Crippen molar-refractivity contribution in [2.24, 2.45) is 0 Å². The maximum Gasteiger partial charge on any atom is 0.164 e. The van der Waals surface area contributed by atoms with Crippen molar-refractivity contribution >= 4 is 75.9 Å². The van der Waals surface area contributed by atoms with Gasteiger partial charge in [-0.1, -0.05) is 164 Å². The molecule has 3 heterocycles. The molecule has 13 rings (SSSR count). The summed E-state index contributed by atoms with van der Waals surface area (Å²) in [6.07, 6.45) is 0. The van der Waals surface area contributed by atoms with Crippen LogP contribution in [0.3, 0.4) is 0 Å². The number of benzene rings is 10. The molecular weight excluding hydrogens is 755 g/mol. The van der Waals surface area contributed by atoms with Gasteiger partial charge in [0.25, 0.3) is 0 Å². The van der Waals surface area contributed by atoms with E-state index in [1.165, 1.54) is 59.5 Å². The Kier molecular flexibility index (Phi) is 7.54. The molecule has 10 aromatic carbocycles. The number of hydrogen-bond donors (Lipinski definition) is 0. The van der Waals surface area contributed by atoms with Crippen LogP contribution in [0, 0.1) is 0 Å². The molecule has 0 bridgehead atoms. The standard InChI is InChI=1S/C57H35N5/c1-4-18-36(19-5-1)55-58-56(37-20-6-2-7-21-37)60-57(59-55)38-32-48-42-26-11-10-24-40(42)41-25-12-13-29-45(41)54(48)53(33-38)62-50-31-17-15-28-44(50)47-34-51-46(35-52(47)62)43-27-14-16-30-49(43)61(51)39-22-8-3-9-23-39/h1-35H. The second-order valence-corrected chi connectivity index (χ2v) is 16.0. The fourth-order valence-corrected chi connectivity index (χ4v) is 9.80. The van der Waals surface area contributed by atoms with E-state index in [4.69, 9.17) is 15.0 Å². The first-order chi connectivity index (χ1) is 30.8. The molecule has 62 heavy (non-hydrogen) atoms. The highest BCUT2D eigenvalue weighted by atomic mass is 15.0. The third-order valence-electron chi connectivity index (χ3n) is 12.5. The molecule has 288 valence electrons. The van der Waals surface area contributed by atoms with Crippen LogP contribution in [0.1, 0.15) is 0 Å². The van der Waals surface area contributed by atoms with Crippen molar-refractivity contribution in [1.82, 2.24) is 24.1 Å². The van der Waals surface area contributed by atoms with Gasteiger partial charge in [-0.3, -0.25) is 0 Å². The molecule has 0 spiro atoms. The van der Waals surface area contributed by atoms with Crippen LogP contribution >= 0.6 is 0 Å². The van der Waals surface area contributed by atoms with E-state index in [-0.39, 0.29) is 0 Å². The van der Waals surface area contributed by atoms with Crippen LogP contribution in [-0.4, -0.2) is 24.1 Å². The number of hydrogen-bond acceptors (Lipinski definition) is 3. The third-order valence-corrected chi connectivity index (χ3v) is 12.5. The van der Waals surface area contributed by atoms with Crippen molar-refractivity contribution in [1.29, 1.82) is 0 Å². The minimum Gasteiger partial charge on any atom is -0.309 e. The van der Waals surface area contributed by atoms with Gasteiger partial charge >= 0.3 is 0 Å². The summed E-state index contributed by atoms with van der Waals surface area (Å²) in [7, 11) is 0. The minimum atomic E-state index is 0.618. The number of rotatable bonds is 5. The Morgan fingerprint density at radius 3 is 1.23 bits per heavy atom. The lowest BCUT2D eigenvalue weighted by molar-refractivity contribution is 1.07. The topological polar surface area (TPSA) is 48.5 Å². The van der Waals surface area contributed by atoms with Gasteiger partial charge < -0.3 is 9.13 Å². The molecule has 0 aliphatic carbocycles. The minimum absolute atomic E-state index is 0.618. The maximum atomic E-state index is 5.27. The quantitative estimate of drug-likeness (QED) is 0.163. The van der Waals surface area contributed by atoms with Crippen molar-refractivity contribution in [2.75, 3.05) is 0 Å². The van der Waals surface area contributed by atoms with Crippen molar-refractivity contribution in [3.8, 4) is 45.5 Å². The summed E-state index contributed by atoms with van der Waals surface area (Å²) in [6, 6.07) is 75.8. The zero-order valence-electron chi connectivity index (χ0n) is 33.4. The molecule has 3 aromatic heterocycles. The summed E-state index contributed by atoms with van der Waals surface area (Å²) in [5.41, 5.74) is 9.62. The van der Waals surface area contributed by atoms with Crippen molar-refractivity contribution in [2.45, 2.75) is 0 Å². The zero-order valence-corrected chi connectivity index (χ0v) is 33.4. The van der Waals surface area contributed by atoms with Gasteiger partial charge in [0.05, 0.1) is 27.8 Å². The van der Waals surface area contributed by atoms with Crippen LogP contribution in [0.25, 0.3) is 121 Å². The molecule has 0 atom stereocenters. The van der Waals surface area contributed by atoms with Crippen LogP contribution in [0.15, 0.2) is 212 Å². The summed E-state index contributed by atoms with van der Waals surface area (Å²) in [6.45, 7) is 0. The van der Waals surface area contributed by atoms with Crippen LogP contribution in [-0.2, 0) is 0 Å². The molecule has 0 fully saturated rings. The van der Waals surface area contributed by atoms with E-state index in [0.29, 0.717) is 17.5 Å². The van der Waals surface area contributed by atoms with E-state index in [9.17, 15) is 0 Å². The summed E-state index contributed by atoms with van der Waals surface area (Å²) >= 11 is 0. The zero-order chi connectivity index (χ0) is 40.7. The molecule has 0 saturated carbocycles. The van der Waals surface area contributed by atoms with Crippen LogP contribution in [0.2, 0.25) is 0 Å². The number of fused-ring (bicyclic) bond motifs is 12. The summed E-state index contributed by atoms with van der Waals surface area (Å²) in [5.74, 6) is 1.88. The molecule has 0 N–H and O–H groups in total. The predicted molar refractivity (Wildman–Crippen MR) is 257 cm³/mol. The van der Waals surface area contributed by atoms with Gasteiger partial charge in [-0.2, -0.15) is 0 Å². The SMILES string of the molecule is c1ccc(-c2nc(-c3ccccc3)nc(-c3cc(-n4c5ccccc5c5cc6c(cc54)c4ccccc4n6-c4ccccc4)c4c5ccccc5c5ccccc5c4c3)n2)cc1. The van der Waals surface area contributed by atoms with E-state index in [1.807, 2.05) is 36.4 Å². The monoisotopic (exact) mass is 789 g/mol. The first-order valence-electron chi connectivity index (χ1n) is 21.0. The maximum absolute atomic E-state index is 5.27. The molecule has 13 aromatic rings. The Balaban J connectivity index is 1.20. The van der Waals surface area contributed by atoms with Gasteiger partial charge in [0.2, 0.25) is 0 Å². The van der Waals surface area contributed by atoms with E-state index in [2.05, 4.69) is 185 Å². The average Bonchev–Trinajstić information content (AvgIpc) is 3.85. The van der Waals surface area contributed by atoms with Crippen molar-refractivity contribution in [3.63, 3.8) is 0 Å². The van der Waals surface area contributed by atoms with Crippen LogP contribution < -0.4 is 0 Å². The molecule has 0 aliphatic heterocycles. The lowest BCUT2D eigenvalue weighted by Gasteiger charge is -2.18. The van der Waals surface area contributed by atoms with Crippen LogP contribution in [0.5, 0.6) is 0 Å². The summed E-state index contributed by atoms with van der Waals surface area (Å²) in [5, 5.41) is 11.9. The van der Waals surface area contributed by atoms with Gasteiger partial charge in [0, 0.05) is 49.3 Å². The molecule has 0 radical (unpaired) electrons. The van der Waals surface area contributed by atoms with Crippen molar-refractivity contribution < 1.29 is 0 Å². The fourth-order valence-electron chi connectivity index (χ4n) is 9.80. The first-order valence-corrected chi connectivity index (χ1v) is 21.0. The van der Waals surface area contributed by atoms with Crippen LogP contribution in [0.4, 0.5) is 0 Å². The van der Waals surface area contributed by atoms with Gasteiger partial charge in [0.1, 0.15) is 0 Å². The highest BCUT2D eigenvalue weighted by Gasteiger charge is 2.23. The van der Waals surface area contributed by atoms with E-state index in [0.717, 1.165) is 44.5 Å². The first kappa shape index (κ1) is 34.5. The van der Waals surface area contributed by atoms with Gasteiger partial charge in [-0.25, -0.2) is 15.0 Å². The van der Waals surface area contributed by atoms with Gasteiger partial charge in [-0.15, -0.1) is 0 Å². The summed E-state index contributed by atoms with van der Waals surface area (Å²) in [4.78, 5) is 15.6. The van der Waals surface area contributed by atoms with Gasteiger partial charge in [0.15, 0.2) is 17.5 Å². The third kappa shape index (κ3) is 5.18. The fraction of sp³-hybridized carbons (Fsp3) is 0. The average molecular weight is 790 g/mol. The lowest BCUT2D eigenvalue weighted by atomic mass is 9.91. The lowest BCUT2D eigenvalue weighted by Crippen LogP contribution is -2.02. The van der Waals surface area contributed by atoms with E-state index < -0.39 is 0 Å². The Labute approximate surface area is 356 Å². The van der Waals surface area contributed by atoms with Crippen molar-refractivity contribution in [3.05, 3.63) is 212 Å². The normalized spacial score (nSPS) is 11.9. The molecule has 0 saturated heterocycles. The van der Waals surface area contributed by atoms with E-state index in [1.54, 1.807) is 0 Å². The smallest absolute Gasteiger partial charge is 0.164 e. The Bertz CT molecular complexity index is 3850. The molecule has 0 unspecified atom stereocenters. The number of aromatic nitrogens is 5. The number of para-hydroxylation sites is 3. The largest absolute Gasteiger partial charge is 0.309 e. The highest BCUT2D eigenvalue weighted by molar-refractivity contribution is 6.29. The Hall–Kier alpha value is -8.41. The second-order valence-electron chi connectivity index (χ2n) is 16.0. The van der Waals surface area contributed by atoms with Gasteiger partial charge in [-0.05, 0) is 75.5 Å².